The van der Waals surface area contributed by atoms with Crippen molar-refractivity contribution >= 4 is 14.2 Å². The van der Waals surface area contributed by atoms with Crippen molar-refractivity contribution in [2.24, 2.45) is 0 Å². The molecule has 2 rings (SSSR count). The summed E-state index contributed by atoms with van der Waals surface area (Å²) in [5.41, 5.74) is 0.581. The van der Waals surface area contributed by atoms with E-state index < -0.39 is 9.04 Å². The van der Waals surface area contributed by atoms with Crippen LogP contribution in [0.15, 0.2) is 60.7 Å². The van der Waals surface area contributed by atoms with Gasteiger partial charge in [-0.3, -0.25) is 0 Å². The van der Waals surface area contributed by atoms with E-state index in [2.05, 4.69) is 44.2 Å². The van der Waals surface area contributed by atoms with Crippen molar-refractivity contribution in [1.29, 1.82) is 0 Å². The summed E-state index contributed by atoms with van der Waals surface area (Å²) in [6, 6.07) is 20.7. The van der Waals surface area contributed by atoms with E-state index in [1.165, 1.54) is 5.19 Å². The van der Waals surface area contributed by atoms with Crippen LogP contribution >= 0.6 is 0 Å². The van der Waals surface area contributed by atoms with Crippen LogP contribution in [0, 0.1) is 0 Å². The van der Waals surface area contributed by atoms with Crippen LogP contribution in [0.2, 0.25) is 5.54 Å². The SMILES string of the molecule is CC(C)[SiH](Oc1ccccc1)c1ccccc1. The molecule has 1 atom stereocenters. The Morgan fingerprint density at radius 2 is 1.35 bits per heavy atom. The first kappa shape index (κ1) is 11.9. The third-order valence-electron chi connectivity index (χ3n) is 2.74. The van der Waals surface area contributed by atoms with Gasteiger partial charge in [-0.2, -0.15) is 0 Å². The van der Waals surface area contributed by atoms with Crippen molar-refractivity contribution in [1.82, 2.24) is 0 Å². The van der Waals surface area contributed by atoms with Crippen molar-refractivity contribution < 1.29 is 4.43 Å². The van der Waals surface area contributed by atoms with Gasteiger partial charge in [-0.1, -0.05) is 62.4 Å². The Balaban J connectivity index is 2.20. The number of hydrogen-bond donors (Lipinski definition) is 0. The van der Waals surface area contributed by atoms with Crippen LogP contribution in [0.25, 0.3) is 0 Å². The molecule has 0 fully saturated rings. The second kappa shape index (κ2) is 5.69. The van der Waals surface area contributed by atoms with Crippen LogP contribution in [0.4, 0.5) is 0 Å². The summed E-state index contributed by atoms with van der Waals surface area (Å²) in [6.45, 7) is 4.49. The van der Waals surface area contributed by atoms with Gasteiger partial charge >= 0.3 is 0 Å². The van der Waals surface area contributed by atoms with E-state index in [1.54, 1.807) is 0 Å². The van der Waals surface area contributed by atoms with Crippen LogP contribution in [-0.2, 0) is 0 Å². The molecule has 0 aromatic heterocycles. The van der Waals surface area contributed by atoms with Gasteiger partial charge in [0.2, 0.25) is 0 Å². The van der Waals surface area contributed by atoms with Crippen LogP contribution in [0.1, 0.15) is 13.8 Å². The van der Waals surface area contributed by atoms with E-state index in [4.69, 9.17) is 4.43 Å². The second-order valence-corrected chi connectivity index (χ2v) is 7.58. The molecule has 2 heteroatoms. The predicted octanol–water partition coefficient (Wildman–Crippen LogP) is 3.11. The van der Waals surface area contributed by atoms with Gasteiger partial charge in [-0.05, 0) is 22.9 Å². The monoisotopic (exact) mass is 242 g/mol. The summed E-state index contributed by atoms with van der Waals surface area (Å²) >= 11 is 0. The molecular formula is C15H18OSi. The first-order valence-electron chi connectivity index (χ1n) is 6.04. The first-order valence-corrected chi connectivity index (χ1v) is 7.75. The fourth-order valence-electron chi connectivity index (χ4n) is 1.88. The highest BCUT2D eigenvalue weighted by Gasteiger charge is 2.20. The zero-order valence-electron chi connectivity index (χ0n) is 10.3. The van der Waals surface area contributed by atoms with Gasteiger partial charge in [0, 0.05) is 0 Å². The summed E-state index contributed by atoms with van der Waals surface area (Å²) in [4.78, 5) is 0. The Morgan fingerprint density at radius 1 is 0.824 bits per heavy atom. The Hall–Kier alpha value is -1.54. The summed E-state index contributed by atoms with van der Waals surface area (Å²) in [5, 5.41) is 1.37. The van der Waals surface area contributed by atoms with Gasteiger partial charge in [-0.15, -0.1) is 0 Å². The highest BCUT2D eigenvalue weighted by molar-refractivity contribution is 6.69. The molecule has 2 aromatic rings. The molecular weight excluding hydrogens is 224 g/mol. The standard InChI is InChI=1S/C15H18OSi/c1-13(2)17(15-11-7-4-8-12-15)16-14-9-5-3-6-10-14/h3-13,17H,1-2H3. The molecule has 2 aromatic carbocycles. The second-order valence-electron chi connectivity index (χ2n) is 4.51. The summed E-state index contributed by atoms with van der Waals surface area (Å²) in [6.07, 6.45) is 0. The largest absolute Gasteiger partial charge is 0.542 e. The lowest BCUT2D eigenvalue weighted by Crippen LogP contribution is -2.39. The number of hydrogen-bond acceptors (Lipinski definition) is 1. The normalized spacial score (nSPS) is 12.4. The van der Waals surface area contributed by atoms with E-state index in [-0.39, 0.29) is 0 Å². The molecule has 0 saturated carbocycles. The fraction of sp³-hybridized carbons (Fsp3) is 0.200. The Kier molecular flexibility index (Phi) is 3.99. The van der Waals surface area contributed by atoms with Crippen molar-refractivity contribution in [2.75, 3.05) is 0 Å². The quantitative estimate of drug-likeness (QED) is 0.749. The molecule has 1 nitrogen and oxygen atoms in total. The molecule has 0 bridgehead atoms. The number of para-hydroxylation sites is 1. The maximum atomic E-state index is 6.20. The smallest absolute Gasteiger partial charge is 0.269 e. The Bertz CT molecular complexity index is 439. The fourth-order valence-corrected chi connectivity index (χ4v) is 4.11. The highest BCUT2D eigenvalue weighted by Crippen LogP contribution is 2.15. The van der Waals surface area contributed by atoms with Gasteiger partial charge in [0.05, 0.1) is 0 Å². The average molecular weight is 242 g/mol. The van der Waals surface area contributed by atoms with Crippen molar-refractivity contribution in [3.05, 3.63) is 60.7 Å². The molecule has 17 heavy (non-hydrogen) atoms. The summed E-state index contributed by atoms with van der Waals surface area (Å²) in [5.74, 6) is 0.988. The molecule has 0 spiro atoms. The van der Waals surface area contributed by atoms with E-state index in [0.29, 0.717) is 5.54 Å². The molecule has 88 valence electrons. The van der Waals surface area contributed by atoms with Gasteiger partial charge < -0.3 is 4.43 Å². The minimum atomic E-state index is -1.39. The molecule has 1 unspecified atom stereocenters. The van der Waals surface area contributed by atoms with Crippen LogP contribution in [-0.4, -0.2) is 9.04 Å². The van der Waals surface area contributed by atoms with E-state index >= 15 is 0 Å². The molecule has 0 N–H and O–H groups in total. The first-order chi connectivity index (χ1) is 8.27. The Morgan fingerprint density at radius 3 is 1.88 bits per heavy atom. The maximum Gasteiger partial charge on any atom is 0.269 e. The molecule has 0 heterocycles. The molecule has 0 radical (unpaired) electrons. The molecule has 0 aliphatic heterocycles. The summed E-state index contributed by atoms with van der Waals surface area (Å²) < 4.78 is 6.20. The van der Waals surface area contributed by atoms with Gasteiger partial charge in [-0.25, -0.2) is 0 Å². The third-order valence-corrected chi connectivity index (χ3v) is 5.52. The van der Waals surface area contributed by atoms with Gasteiger partial charge in [0.15, 0.2) is 0 Å². The molecule has 0 saturated heterocycles. The van der Waals surface area contributed by atoms with Crippen LogP contribution in [0.5, 0.6) is 5.75 Å². The maximum absolute atomic E-state index is 6.20. The van der Waals surface area contributed by atoms with E-state index in [0.717, 1.165) is 5.75 Å². The predicted molar refractivity (Wildman–Crippen MR) is 75.4 cm³/mol. The molecule has 0 aliphatic carbocycles. The van der Waals surface area contributed by atoms with Gasteiger partial charge in [0.25, 0.3) is 9.04 Å². The number of benzene rings is 2. The number of rotatable bonds is 4. The van der Waals surface area contributed by atoms with E-state index in [9.17, 15) is 0 Å². The zero-order chi connectivity index (χ0) is 12.1. The highest BCUT2D eigenvalue weighted by atomic mass is 28.3. The van der Waals surface area contributed by atoms with Crippen molar-refractivity contribution in [3.8, 4) is 5.75 Å². The van der Waals surface area contributed by atoms with E-state index in [1.807, 2.05) is 30.3 Å². The van der Waals surface area contributed by atoms with Crippen molar-refractivity contribution in [2.45, 2.75) is 19.4 Å². The zero-order valence-corrected chi connectivity index (χ0v) is 11.5. The Labute approximate surface area is 105 Å². The minimum absolute atomic E-state index is 0.581. The van der Waals surface area contributed by atoms with Crippen molar-refractivity contribution in [3.63, 3.8) is 0 Å². The lowest BCUT2D eigenvalue weighted by atomic mass is 10.3. The third kappa shape index (κ3) is 3.20. The van der Waals surface area contributed by atoms with Crippen LogP contribution in [0.3, 0.4) is 0 Å². The minimum Gasteiger partial charge on any atom is -0.542 e. The topological polar surface area (TPSA) is 9.23 Å². The lowest BCUT2D eigenvalue weighted by molar-refractivity contribution is 0.565. The average Bonchev–Trinajstić information content (AvgIpc) is 2.38. The molecule has 0 aliphatic rings. The molecule has 0 amide bonds. The lowest BCUT2D eigenvalue weighted by Gasteiger charge is -2.21. The summed E-state index contributed by atoms with van der Waals surface area (Å²) in [7, 11) is -1.39. The van der Waals surface area contributed by atoms with Gasteiger partial charge in [0.1, 0.15) is 5.75 Å². The van der Waals surface area contributed by atoms with Crippen LogP contribution < -0.4 is 9.61 Å².